The van der Waals surface area contributed by atoms with E-state index in [1.165, 1.54) is 5.56 Å². The molecule has 1 aliphatic rings. The molecule has 2 aromatic carbocycles. The lowest BCUT2D eigenvalue weighted by atomic mass is 10.0. The second-order valence-electron chi connectivity index (χ2n) is 6.31. The molecule has 1 atom stereocenters. The highest BCUT2D eigenvalue weighted by Crippen LogP contribution is 2.27. The third kappa shape index (κ3) is 4.28. The molecular formula is C20H21BrN2O2. The normalized spacial score (nSPS) is 14.6. The smallest absolute Gasteiger partial charge is 0.249 e. The molecule has 1 N–H and O–H groups in total. The Morgan fingerprint density at radius 1 is 1.16 bits per heavy atom. The number of anilines is 1. The number of aryl methyl sites for hydroxylation is 1. The van der Waals surface area contributed by atoms with Crippen molar-refractivity contribution >= 4 is 33.4 Å². The lowest BCUT2D eigenvalue weighted by Crippen LogP contribution is -2.49. The molecular weight excluding hydrogens is 380 g/mol. The van der Waals surface area contributed by atoms with Gasteiger partial charge in [0.1, 0.15) is 6.04 Å². The number of carbonyl (C=O) groups excluding carboxylic acids is 2. The number of amides is 2. The van der Waals surface area contributed by atoms with Crippen LogP contribution in [-0.4, -0.2) is 24.4 Å². The average molecular weight is 401 g/mol. The van der Waals surface area contributed by atoms with E-state index in [4.69, 9.17) is 0 Å². The minimum atomic E-state index is -0.547. The summed E-state index contributed by atoms with van der Waals surface area (Å²) >= 11 is 3.38. The molecule has 1 unspecified atom stereocenters. The van der Waals surface area contributed by atoms with Gasteiger partial charge in [-0.3, -0.25) is 9.59 Å². The first-order chi connectivity index (χ1) is 12.0. The monoisotopic (exact) mass is 400 g/mol. The van der Waals surface area contributed by atoms with Crippen molar-refractivity contribution in [3.63, 3.8) is 0 Å². The second kappa shape index (κ2) is 7.83. The number of halogens is 1. The van der Waals surface area contributed by atoms with E-state index >= 15 is 0 Å². The number of benzene rings is 2. The zero-order chi connectivity index (χ0) is 17.8. The number of fused-ring (bicyclic) bond motifs is 1. The molecule has 3 rings (SSSR count). The molecule has 0 fully saturated rings. The number of nitrogens with one attached hydrogen (secondary N) is 1. The molecule has 1 aliphatic heterocycles. The summed E-state index contributed by atoms with van der Waals surface area (Å²) in [6.45, 7) is 2.45. The van der Waals surface area contributed by atoms with Crippen LogP contribution in [0.25, 0.3) is 0 Å². The van der Waals surface area contributed by atoms with Crippen molar-refractivity contribution < 1.29 is 9.59 Å². The van der Waals surface area contributed by atoms with Crippen LogP contribution in [0.3, 0.4) is 0 Å². The van der Waals surface area contributed by atoms with Gasteiger partial charge in [-0.2, -0.15) is 0 Å². The molecule has 2 amide bonds. The first-order valence-electron chi connectivity index (χ1n) is 8.47. The zero-order valence-corrected chi connectivity index (χ0v) is 15.8. The number of para-hydroxylation sites is 1. The maximum atomic E-state index is 12.8. The molecule has 0 aromatic heterocycles. The molecule has 1 heterocycles. The fourth-order valence-corrected chi connectivity index (χ4v) is 3.40. The van der Waals surface area contributed by atoms with Crippen molar-refractivity contribution in [2.45, 2.75) is 32.2 Å². The maximum Gasteiger partial charge on any atom is 0.249 e. The summed E-state index contributed by atoms with van der Waals surface area (Å²) in [5, 5.41) is 2.83. The average Bonchev–Trinajstić information content (AvgIpc) is 2.62. The minimum absolute atomic E-state index is 0.0590. The summed E-state index contributed by atoms with van der Waals surface area (Å²) in [6.07, 6.45) is 2.20. The Balaban J connectivity index is 1.63. The van der Waals surface area contributed by atoms with Gasteiger partial charge in [0.15, 0.2) is 0 Å². The SMILES string of the molecule is CC(NC(=O)Cc1ccc(Br)cc1)C(=O)N1CCCc2ccccc21. The van der Waals surface area contributed by atoms with Crippen molar-refractivity contribution in [1.29, 1.82) is 0 Å². The van der Waals surface area contributed by atoms with Crippen LogP contribution in [0, 0.1) is 0 Å². The predicted molar refractivity (Wildman–Crippen MR) is 103 cm³/mol. The van der Waals surface area contributed by atoms with E-state index in [0.717, 1.165) is 28.6 Å². The number of hydrogen-bond acceptors (Lipinski definition) is 2. The van der Waals surface area contributed by atoms with Crippen LogP contribution in [0.4, 0.5) is 5.69 Å². The van der Waals surface area contributed by atoms with E-state index in [1.807, 2.05) is 42.5 Å². The van der Waals surface area contributed by atoms with Gasteiger partial charge in [0.05, 0.1) is 6.42 Å². The molecule has 0 bridgehead atoms. The maximum absolute atomic E-state index is 12.8. The Bertz CT molecular complexity index is 774. The van der Waals surface area contributed by atoms with E-state index in [0.29, 0.717) is 6.54 Å². The van der Waals surface area contributed by atoms with Gasteiger partial charge in [0.2, 0.25) is 11.8 Å². The molecule has 130 valence electrons. The lowest BCUT2D eigenvalue weighted by Gasteiger charge is -2.31. The summed E-state index contributed by atoms with van der Waals surface area (Å²) in [7, 11) is 0. The Morgan fingerprint density at radius 3 is 2.64 bits per heavy atom. The van der Waals surface area contributed by atoms with E-state index in [2.05, 4.69) is 27.3 Å². The quantitative estimate of drug-likeness (QED) is 0.853. The van der Waals surface area contributed by atoms with Crippen molar-refractivity contribution in [2.24, 2.45) is 0 Å². The van der Waals surface area contributed by atoms with Crippen LogP contribution in [0.5, 0.6) is 0 Å². The largest absolute Gasteiger partial charge is 0.344 e. The highest BCUT2D eigenvalue weighted by atomic mass is 79.9. The van der Waals surface area contributed by atoms with Crippen molar-refractivity contribution in [1.82, 2.24) is 5.32 Å². The van der Waals surface area contributed by atoms with Gasteiger partial charge in [-0.15, -0.1) is 0 Å². The second-order valence-corrected chi connectivity index (χ2v) is 7.23. The van der Waals surface area contributed by atoms with Gasteiger partial charge in [-0.1, -0.05) is 46.3 Å². The third-order valence-corrected chi connectivity index (χ3v) is 4.93. The van der Waals surface area contributed by atoms with Crippen LogP contribution in [-0.2, 0) is 22.4 Å². The third-order valence-electron chi connectivity index (χ3n) is 4.40. The van der Waals surface area contributed by atoms with E-state index < -0.39 is 6.04 Å². The Morgan fingerprint density at radius 2 is 1.88 bits per heavy atom. The van der Waals surface area contributed by atoms with Crippen molar-refractivity contribution in [3.8, 4) is 0 Å². The Kier molecular flexibility index (Phi) is 5.53. The van der Waals surface area contributed by atoms with Gasteiger partial charge in [-0.25, -0.2) is 0 Å². The highest BCUT2D eigenvalue weighted by Gasteiger charge is 2.26. The molecule has 2 aromatic rings. The van der Waals surface area contributed by atoms with Crippen molar-refractivity contribution in [2.75, 3.05) is 11.4 Å². The van der Waals surface area contributed by atoms with Crippen LogP contribution in [0.1, 0.15) is 24.5 Å². The first kappa shape index (κ1) is 17.7. The summed E-state index contributed by atoms with van der Waals surface area (Å²) in [6, 6.07) is 15.0. The zero-order valence-electron chi connectivity index (χ0n) is 14.2. The van der Waals surface area contributed by atoms with Gasteiger partial charge >= 0.3 is 0 Å². The fourth-order valence-electron chi connectivity index (χ4n) is 3.14. The summed E-state index contributed by atoms with van der Waals surface area (Å²) in [5.74, 6) is -0.204. The Labute approximate surface area is 156 Å². The number of hydrogen-bond donors (Lipinski definition) is 1. The standard InChI is InChI=1S/C20H21BrN2O2/c1-14(22-19(24)13-15-8-10-17(21)11-9-15)20(25)23-12-4-6-16-5-2-3-7-18(16)23/h2-3,5,7-11,14H,4,6,12-13H2,1H3,(H,22,24). The molecule has 0 saturated heterocycles. The molecule has 4 nitrogen and oxygen atoms in total. The van der Waals surface area contributed by atoms with Gasteiger partial charge in [0.25, 0.3) is 0 Å². The number of rotatable bonds is 4. The fraction of sp³-hybridized carbons (Fsp3) is 0.300. The molecule has 0 radical (unpaired) electrons. The highest BCUT2D eigenvalue weighted by molar-refractivity contribution is 9.10. The summed E-state index contributed by atoms with van der Waals surface area (Å²) in [4.78, 5) is 26.8. The Hall–Kier alpha value is -2.14. The van der Waals surface area contributed by atoms with Crippen LogP contribution < -0.4 is 10.2 Å². The van der Waals surface area contributed by atoms with E-state index in [1.54, 1.807) is 11.8 Å². The first-order valence-corrected chi connectivity index (χ1v) is 9.27. The number of nitrogens with zero attached hydrogens (tertiary/aromatic N) is 1. The van der Waals surface area contributed by atoms with E-state index in [9.17, 15) is 9.59 Å². The predicted octanol–water partition coefficient (Wildman–Crippen LogP) is 3.48. The molecule has 0 aliphatic carbocycles. The summed E-state index contributed by atoms with van der Waals surface area (Å²) < 4.78 is 0.976. The van der Waals surface area contributed by atoms with E-state index in [-0.39, 0.29) is 18.2 Å². The van der Waals surface area contributed by atoms with Crippen molar-refractivity contribution in [3.05, 3.63) is 64.1 Å². The van der Waals surface area contributed by atoms with Gasteiger partial charge in [0, 0.05) is 16.7 Å². The lowest BCUT2D eigenvalue weighted by molar-refractivity contribution is -0.126. The molecule has 5 heteroatoms. The van der Waals surface area contributed by atoms with Crippen LogP contribution in [0.15, 0.2) is 53.0 Å². The van der Waals surface area contributed by atoms with Crippen LogP contribution in [0.2, 0.25) is 0 Å². The molecule has 0 spiro atoms. The number of carbonyl (C=O) groups is 2. The minimum Gasteiger partial charge on any atom is -0.344 e. The molecule has 0 saturated carbocycles. The topological polar surface area (TPSA) is 49.4 Å². The van der Waals surface area contributed by atoms with Crippen LogP contribution >= 0.6 is 15.9 Å². The molecule has 25 heavy (non-hydrogen) atoms. The van der Waals surface area contributed by atoms with Gasteiger partial charge in [-0.05, 0) is 49.1 Å². The summed E-state index contributed by atoms with van der Waals surface area (Å²) in [5.41, 5.74) is 3.08. The van der Waals surface area contributed by atoms with Gasteiger partial charge < -0.3 is 10.2 Å².